The highest BCUT2D eigenvalue weighted by atomic mass is 35.5. The van der Waals surface area contributed by atoms with Crippen molar-refractivity contribution < 1.29 is 40.7 Å². The fourth-order valence-corrected chi connectivity index (χ4v) is 5.23. The van der Waals surface area contributed by atoms with Crippen LogP contribution in [0.5, 0.6) is 0 Å². The van der Waals surface area contributed by atoms with Gasteiger partial charge in [0, 0.05) is 52.1 Å². The molecule has 41 heavy (non-hydrogen) atoms. The molecule has 2 amide bonds. The number of hydrogen-bond donors (Lipinski definition) is 0. The molecule has 0 aliphatic carbocycles. The van der Waals surface area contributed by atoms with Crippen molar-refractivity contribution in [3.63, 3.8) is 0 Å². The van der Waals surface area contributed by atoms with Crippen LogP contribution in [0.15, 0.2) is 48.5 Å². The van der Waals surface area contributed by atoms with Crippen LogP contribution in [0.25, 0.3) is 0 Å². The van der Waals surface area contributed by atoms with Crippen molar-refractivity contribution in [1.29, 1.82) is 0 Å². The minimum absolute atomic E-state index is 0. The third kappa shape index (κ3) is 8.59. The molecular formula is C28H32ClF6N3O3. The Morgan fingerprint density at radius 1 is 0.854 bits per heavy atom. The standard InChI is InChI=1S/C28H31F6N3O3.ClH/c1-19(38)36-9-11-37(12-10-36)26(39)17-35-8-7-25(24(16-35)21-5-3-2-4-6-21)40-18-20-13-22(27(29,30)31)15-23(14-20)28(32,33)34;/h2-6,13-15,24-25H,7-12,16-18H2,1H3;1H/t24-,25-;/m1./s1. The molecule has 2 fully saturated rings. The molecule has 0 N–H and O–H groups in total. The maximum atomic E-state index is 13.3. The molecular weight excluding hydrogens is 576 g/mol. The summed E-state index contributed by atoms with van der Waals surface area (Å²) in [4.78, 5) is 29.9. The Morgan fingerprint density at radius 2 is 1.41 bits per heavy atom. The Hall–Kier alpha value is -2.83. The average Bonchev–Trinajstić information content (AvgIpc) is 2.91. The van der Waals surface area contributed by atoms with Crippen molar-refractivity contribution in [2.24, 2.45) is 0 Å². The second-order valence-corrected chi connectivity index (χ2v) is 10.2. The number of likely N-dealkylation sites (tertiary alicyclic amines) is 1. The number of amides is 2. The summed E-state index contributed by atoms with van der Waals surface area (Å²) in [6.07, 6.45) is -9.90. The van der Waals surface area contributed by atoms with E-state index >= 15 is 0 Å². The van der Waals surface area contributed by atoms with E-state index in [4.69, 9.17) is 4.74 Å². The van der Waals surface area contributed by atoms with Gasteiger partial charge in [0.2, 0.25) is 11.8 Å². The quantitative estimate of drug-likeness (QED) is 0.423. The summed E-state index contributed by atoms with van der Waals surface area (Å²) in [6.45, 7) is 4.03. The number of piperidine rings is 1. The van der Waals surface area contributed by atoms with E-state index < -0.39 is 36.2 Å². The molecule has 0 saturated carbocycles. The Bertz CT molecular complexity index is 1150. The summed E-state index contributed by atoms with van der Waals surface area (Å²) in [6, 6.07) is 10.8. The molecule has 2 aromatic carbocycles. The maximum Gasteiger partial charge on any atom is 0.416 e. The van der Waals surface area contributed by atoms with Crippen molar-refractivity contribution in [2.75, 3.05) is 45.8 Å². The SMILES string of the molecule is CC(=O)N1CCN(C(=O)CN2CC[C@@H](OCc3cc(C(F)(F)F)cc(C(F)(F)F)c3)[C@@H](c3ccccc3)C2)CC1.Cl. The molecule has 13 heteroatoms. The zero-order valence-corrected chi connectivity index (χ0v) is 23.2. The van der Waals surface area contributed by atoms with Gasteiger partial charge in [0.15, 0.2) is 0 Å². The largest absolute Gasteiger partial charge is 0.416 e. The third-order valence-electron chi connectivity index (χ3n) is 7.41. The topological polar surface area (TPSA) is 53.1 Å². The van der Waals surface area contributed by atoms with Crippen LogP contribution in [-0.4, -0.2) is 78.4 Å². The molecule has 2 saturated heterocycles. The highest BCUT2D eigenvalue weighted by Crippen LogP contribution is 2.37. The van der Waals surface area contributed by atoms with Gasteiger partial charge in [0.1, 0.15) is 0 Å². The van der Waals surface area contributed by atoms with E-state index in [0.29, 0.717) is 57.8 Å². The Balaban J connectivity index is 0.00000462. The lowest BCUT2D eigenvalue weighted by Crippen LogP contribution is -2.53. The van der Waals surface area contributed by atoms with Crippen molar-refractivity contribution in [2.45, 2.75) is 44.3 Å². The van der Waals surface area contributed by atoms with Crippen LogP contribution < -0.4 is 0 Å². The molecule has 2 atom stereocenters. The summed E-state index contributed by atoms with van der Waals surface area (Å²) >= 11 is 0. The van der Waals surface area contributed by atoms with Gasteiger partial charge in [-0.1, -0.05) is 30.3 Å². The van der Waals surface area contributed by atoms with Gasteiger partial charge in [-0.25, -0.2) is 0 Å². The van der Waals surface area contributed by atoms with Gasteiger partial charge in [-0.3, -0.25) is 14.5 Å². The average molecular weight is 608 g/mol. The van der Waals surface area contributed by atoms with Crippen LogP contribution in [-0.2, 0) is 33.3 Å². The van der Waals surface area contributed by atoms with Gasteiger partial charge < -0.3 is 14.5 Å². The number of piperazine rings is 1. The first kappa shape index (κ1) is 32.7. The minimum atomic E-state index is -4.93. The van der Waals surface area contributed by atoms with E-state index in [0.717, 1.165) is 5.56 Å². The zero-order chi connectivity index (χ0) is 29.1. The van der Waals surface area contributed by atoms with Crippen LogP contribution in [0.1, 0.15) is 41.5 Å². The Morgan fingerprint density at radius 3 is 1.95 bits per heavy atom. The van der Waals surface area contributed by atoms with E-state index in [2.05, 4.69) is 0 Å². The molecule has 2 heterocycles. The Labute approximate surface area is 240 Å². The van der Waals surface area contributed by atoms with Gasteiger partial charge in [0.25, 0.3) is 0 Å². The van der Waals surface area contributed by atoms with E-state index in [1.165, 1.54) is 6.92 Å². The van der Waals surface area contributed by atoms with Gasteiger partial charge in [0.05, 0.1) is 30.4 Å². The summed E-state index contributed by atoms with van der Waals surface area (Å²) in [5.41, 5.74) is -2.06. The summed E-state index contributed by atoms with van der Waals surface area (Å²) in [5.74, 6) is -0.331. The number of hydrogen-bond acceptors (Lipinski definition) is 4. The molecule has 2 aliphatic rings. The van der Waals surface area contributed by atoms with Crippen LogP contribution in [0, 0.1) is 0 Å². The lowest BCUT2D eigenvalue weighted by Gasteiger charge is -2.40. The highest BCUT2D eigenvalue weighted by molar-refractivity contribution is 5.85. The van der Waals surface area contributed by atoms with Crippen LogP contribution in [0.2, 0.25) is 0 Å². The normalized spacial score (nSPS) is 20.5. The maximum absolute atomic E-state index is 13.3. The lowest BCUT2D eigenvalue weighted by atomic mass is 9.87. The molecule has 0 aromatic heterocycles. The van der Waals surface area contributed by atoms with Crippen molar-refractivity contribution in [3.05, 3.63) is 70.8 Å². The van der Waals surface area contributed by atoms with E-state index in [9.17, 15) is 35.9 Å². The number of nitrogens with zero attached hydrogens (tertiary/aromatic N) is 3. The van der Waals surface area contributed by atoms with Gasteiger partial charge in [-0.05, 0) is 35.7 Å². The predicted octanol–water partition coefficient (Wildman–Crippen LogP) is 5.21. The fraction of sp³-hybridized carbons (Fsp3) is 0.500. The number of carbonyl (C=O) groups is 2. The van der Waals surface area contributed by atoms with E-state index in [1.54, 1.807) is 9.80 Å². The summed E-state index contributed by atoms with van der Waals surface area (Å²) in [5, 5.41) is 0. The van der Waals surface area contributed by atoms with Crippen LogP contribution >= 0.6 is 12.4 Å². The third-order valence-corrected chi connectivity index (χ3v) is 7.41. The fourth-order valence-electron chi connectivity index (χ4n) is 5.23. The monoisotopic (exact) mass is 607 g/mol. The number of alkyl halides is 6. The van der Waals surface area contributed by atoms with Crippen LogP contribution in [0.4, 0.5) is 26.3 Å². The minimum Gasteiger partial charge on any atom is -0.373 e. The summed E-state index contributed by atoms with van der Waals surface area (Å²) in [7, 11) is 0. The van der Waals surface area contributed by atoms with Crippen molar-refractivity contribution in [1.82, 2.24) is 14.7 Å². The van der Waals surface area contributed by atoms with Gasteiger partial charge in [-0.15, -0.1) is 12.4 Å². The molecule has 0 radical (unpaired) electrons. The number of ether oxygens (including phenoxy) is 1. The summed E-state index contributed by atoms with van der Waals surface area (Å²) < 4.78 is 85.7. The number of benzene rings is 2. The number of rotatable bonds is 6. The number of carbonyl (C=O) groups excluding carboxylic acids is 2. The van der Waals surface area contributed by atoms with Gasteiger partial charge >= 0.3 is 12.4 Å². The molecule has 2 aromatic rings. The van der Waals surface area contributed by atoms with Gasteiger partial charge in [-0.2, -0.15) is 26.3 Å². The number of halogens is 7. The first-order chi connectivity index (χ1) is 18.8. The van der Waals surface area contributed by atoms with E-state index in [1.807, 2.05) is 35.2 Å². The smallest absolute Gasteiger partial charge is 0.373 e. The molecule has 0 spiro atoms. The first-order valence-corrected chi connectivity index (χ1v) is 13.0. The van der Waals surface area contributed by atoms with Crippen molar-refractivity contribution in [3.8, 4) is 0 Å². The molecule has 226 valence electrons. The molecule has 4 rings (SSSR count). The molecule has 2 aliphatic heterocycles. The first-order valence-electron chi connectivity index (χ1n) is 13.0. The molecule has 0 bridgehead atoms. The Kier molecular flexibility index (Phi) is 10.7. The van der Waals surface area contributed by atoms with Crippen LogP contribution in [0.3, 0.4) is 0 Å². The van der Waals surface area contributed by atoms with Crippen molar-refractivity contribution >= 4 is 24.2 Å². The molecule has 6 nitrogen and oxygen atoms in total. The highest BCUT2D eigenvalue weighted by Gasteiger charge is 2.38. The van der Waals surface area contributed by atoms with E-state index in [-0.39, 0.29) is 48.3 Å². The lowest BCUT2D eigenvalue weighted by molar-refractivity contribution is -0.143. The second-order valence-electron chi connectivity index (χ2n) is 10.2. The second kappa shape index (κ2) is 13.4. The predicted molar refractivity (Wildman–Crippen MR) is 141 cm³/mol. The molecule has 0 unspecified atom stereocenters. The zero-order valence-electron chi connectivity index (χ0n) is 22.4.